The van der Waals surface area contributed by atoms with Crippen molar-refractivity contribution in [3.63, 3.8) is 0 Å². The van der Waals surface area contributed by atoms with E-state index in [1.807, 2.05) is 6.92 Å². The third kappa shape index (κ3) is 4.38. The molecule has 130 valence electrons. The van der Waals surface area contributed by atoms with Crippen molar-refractivity contribution in [3.8, 4) is 0 Å². The zero-order valence-electron chi connectivity index (χ0n) is 13.0. The lowest BCUT2D eigenvalue weighted by atomic mass is 9.71. The Hall–Kier alpha value is -1.27. The Balaban J connectivity index is 0.00000264. The maximum atomic E-state index is 12.9. The Morgan fingerprint density at radius 2 is 2.04 bits per heavy atom. The van der Waals surface area contributed by atoms with Gasteiger partial charge in [0.05, 0.1) is 17.1 Å². The topological polar surface area (TPSA) is 55.1 Å². The van der Waals surface area contributed by atoms with Gasteiger partial charge in [0, 0.05) is 0 Å². The highest BCUT2D eigenvalue weighted by molar-refractivity contribution is 5.85. The molecule has 1 aromatic carbocycles. The van der Waals surface area contributed by atoms with Crippen molar-refractivity contribution < 1.29 is 18.0 Å². The molecule has 0 aliphatic heterocycles. The molecule has 1 unspecified atom stereocenters. The van der Waals surface area contributed by atoms with Crippen LogP contribution in [0.3, 0.4) is 0 Å². The SMILES string of the molecule is CCCC(N)C(=O)NC1(c2cccc(C(F)(F)F)c2)CCC1.Cl. The first-order valence-electron chi connectivity index (χ1n) is 7.54. The molecular formula is C16H22ClF3N2O. The first-order valence-corrected chi connectivity index (χ1v) is 7.54. The summed E-state index contributed by atoms with van der Waals surface area (Å²) in [5.74, 6) is -0.293. The zero-order valence-corrected chi connectivity index (χ0v) is 13.8. The summed E-state index contributed by atoms with van der Waals surface area (Å²) in [5, 5.41) is 2.88. The average molecular weight is 351 g/mol. The van der Waals surface area contributed by atoms with Crippen LogP contribution < -0.4 is 11.1 Å². The molecule has 3 N–H and O–H groups in total. The fourth-order valence-electron chi connectivity index (χ4n) is 2.78. The number of nitrogens with one attached hydrogen (secondary N) is 1. The van der Waals surface area contributed by atoms with E-state index in [0.29, 0.717) is 24.8 Å². The van der Waals surface area contributed by atoms with Gasteiger partial charge in [0.2, 0.25) is 5.91 Å². The van der Waals surface area contributed by atoms with Crippen LogP contribution in [0.4, 0.5) is 13.2 Å². The van der Waals surface area contributed by atoms with Gasteiger partial charge in [-0.05, 0) is 43.4 Å². The molecule has 0 spiro atoms. The number of carbonyl (C=O) groups is 1. The zero-order chi connectivity index (χ0) is 16.4. The molecule has 23 heavy (non-hydrogen) atoms. The minimum Gasteiger partial charge on any atom is -0.345 e. The Kier molecular flexibility index (Phi) is 6.48. The number of halogens is 4. The summed E-state index contributed by atoms with van der Waals surface area (Å²) in [6, 6.07) is 4.58. The van der Waals surface area contributed by atoms with Crippen molar-refractivity contribution in [2.24, 2.45) is 5.73 Å². The Morgan fingerprint density at radius 1 is 1.39 bits per heavy atom. The maximum absolute atomic E-state index is 12.9. The van der Waals surface area contributed by atoms with Crippen LogP contribution in [0.25, 0.3) is 0 Å². The molecule has 7 heteroatoms. The third-order valence-corrected chi connectivity index (χ3v) is 4.25. The molecule has 0 radical (unpaired) electrons. The number of benzene rings is 1. The second kappa shape index (κ2) is 7.53. The van der Waals surface area contributed by atoms with Gasteiger partial charge >= 0.3 is 6.18 Å². The molecule has 0 aromatic heterocycles. The van der Waals surface area contributed by atoms with Gasteiger partial charge in [0.25, 0.3) is 0 Å². The van der Waals surface area contributed by atoms with Crippen LogP contribution in [-0.2, 0) is 16.5 Å². The quantitative estimate of drug-likeness (QED) is 0.849. The fourth-order valence-corrected chi connectivity index (χ4v) is 2.78. The van der Waals surface area contributed by atoms with Crippen molar-refractivity contribution in [1.29, 1.82) is 0 Å². The van der Waals surface area contributed by atoms with Crippen LogP contribution in [0.5, 0.6) is 0 Å². The van der Waals surface area contributed by atoms with Crippen LogP contribution in [0.15, 0.2) is 24.3 Å². The summed E-state index contributed by atoms with van der Waals surface area (Å²) >= 11 is 0. The summed E-state index contributed by atoms with van der Waals surface area (Å²) in [6.45, 7) is 1.93. The molecule has 0 heterocycles. The lowest BCUT2D eigenvalue weighted by molar-refractivity contribution is -0.137. The van der Waals surface area contributed by atoms with Gasteiger partial charge in [0.1, 0.15) is 0 Å². The van der Waals surface area contributed by atoms with E-state index in [9.17, 15) is 18.0 Å². The standard InChI is InChI=1S/C16H21F3N2O.ClH/c1-2-5-13(20)14(22)21-15(8-4-9-15)11-6-3-7-12(10-11)16(17,18)19;/h3,6-7,10,13H,2,4-5,8-9,20H2,1H3,(H,21,22);1H. The molecule has 0 saturated heterocycles. The monoisotopic (exact) mass is 350 g/mol. The third-order valence-electron chi connectivity index (χ3n) is 4.25. The van der Waals surface area contributed by atoms with E-state index >= 15 is 0 Å². The van der Waals surface area contributed by atoms with Crippen molar-refractivity contribution in [1.82, 2.24) is 5.32 Å². The molecular weight excluding hydrogens is 329 g/mol. The van der Waals surface area contributed by atoms with Gasteiger partial charge in [-0.1, -0.05) is 25.5 Å². The molecule has 1 aliphatic carbocycles. The number of carbonyl (C=O) groups excluding carboxylic acids is 1. The molecule has 3 nitrogen and oxygen atoms in total. The lowest BCUT2D eigenvalue weighted by Crippen LogP contribution is -2.55. The number of alkyl halides is 3. The summed E-state index contributed by atoms with van der Waals surface area (Å²) in [5.41, 5.74) is 4.91. The molecule has 1 atom stereocenters. The van der Waals surface area contributed by atoms with Crippen molar-refractivity contribution in [2.45, 2.75) is 56.8 Å². The summed E-state index contributed by atoms with van der Waals surface area (Å²) in [4.78, 5) is 12.1. The molecule has 1 aliphatic rings. The average Bonchev–Trinajstić information content (AvgIpc) is 2.42. The highest BCUT2D eigenvalue weighted by atomic mass is 35.5. The first-order chi connectivity index (χ1) is 10.3. The van der Waals surface area contributed by atoms with Crippen LogP contribution in [0.2, 0.25) is 0 Å². The summed E-state index contributed by atoms with van der Waals surface area (Å²) < 4.78 is 38.6. The Bertz CT molecular complexity index is 544. The van der Waals surface area contributed by atoms with Crippen molar-refractivity contribution >= 4 is 18.3 Å². The van der Waals surface area contributed by atoms with E-state index in [2.05, 4.69) is 5.32 Å². The minimum absolute atomic E-state index is 0. The predicted octanol–water partition coefficient (Wildman–Crippen LogP) is 3.75. The highest BCUT2D eigenvalue weighted by Crippen LogP contribution is 2.43. The second-order valence-corrected chi connectivity index (χ2v) is 5.90. The van der Waals surface area contributed by atoms with E-state index in [0.717, 1.165) is 25.0 Å². The largest absolute Gasteiger partial charge is 0.416 e. The van der Waals surface area contributed by atoms with E-state index in [1.54, 1.807) is 6.07 Å². The summed E-state index contributed by atoms with van der Waals surface area (Å²) in [7, 11) is 0. The lowest BCUT2D eigenvalue weighted by Gasteiger charge is -2.44. The van der Waals surface area contributed by atoms with Gasteiger partial charge < -0.3 is 11.1 Å². The van der Waals surface area contributed by atoms with Gasteiger partial charge in [0.15, 0.2) is 0 Å². The molecule has 2 rings (SSSR count). The molecule has 1 saturated carbocycles. The van der Waals surface area contributed by atoms with Gasteiger partial charge in [-0.25, -0.2) is 0 Å². The van der Waals surface area contributed by atoms with E-state index in [4.69, 9.17) is 5.73 Å². The van der Waals surface area contributed by atoms with Gasteiger partial charge in [-0.15, -0.1) is 12.4 Å². The maximum Gasteiger partial charge on any atom is 0.416 e. The van der Waals surface area contributed by atoms with E-state index in [-0.39, 0.29) is 18.3 Å². The minimum atomic E-state index is -4.39. The van der Waals surface area contributed by atoms with E-state index in [1.165, 1.54) is 6.07 Å². The van der Waals surface area contributed by atoms with Crippen LogP contribution >= 0.6 is 12.4 Å². The number of amides is 1. The normalized spacial score (nSPS) is 17.6. The Labute approximate surface area is 140 Å². The fraction of sp³-hybridized carbons (Fsp3) is 0.562. The first kappa shape index (κ1) is 19.8. The van der Waals surface area contributed by atoms with Crippen molar-refractivity contribution in [2.75, 3.05) is 0 Å². The van der Waals surface area contributed by atoms with Crippen LogP contribution in [-0.4, -0.2) is 11.9 Å². The second-order valence-electron chi connectivity index (χ2n) is 5.90. The molecule has 1 aromatic rings. The highest BCUT2D eigenvalue weighted by Gasteiger charge is 2.42. The van der Waals surface area contributed by atoms with Crippen LogP contribution in [0, 0.1) is 0 Å². The number of hydrogen-bond donors (Lipinski definition) is 2. The van der Waals surface area contributed by atoms with Crippen LogP contribution in [0.1, 0.15) is 50.2 Å². The number of rotatable bonds is 5. The predicted molar refractivity (Wildman–Crippen MR) is 85.2 cm³/mol. The summed E-state index contributed by atoms with van der Waals surface area (Å²) in [6.07, 6.45) is -0.892. The molecule has 1 fully saturated rings. The molecule has 0 bridgehead atoms. The number of hydrogen-bond acceptors (Lipinski definition) is 2. The van der Waals surface area contributed by atoms with Gasteiger partial charge in [-0.3, -0.25) is 4.79 Å². The molecule has 1 amide bonds. The van der Waals surface area contributed by atoms with Crippen molar-refractivity contribution in [3.05, 3.63) is 35.4 Å². The number of nitrogens with two attached hydrogens (primary N) is 1. The Morgan fingerprint density at radius 3 is 2.52 bits per heavy atom. The van der Waals surface area contributed by atoms with E-state index < -0.39 is 23.3 Å². The van der Waals surface area contributed by atoms with Gasteiger partial charge in [-0.2, -0.15) is 13.2 Å². The smallest absolute Gasteiger partial charge is 0.345 e.